The predicted octanol–water partition coefficient (Wildman–Crippen LogP) is 3.43. The Morgan fingerprint density at radius 1 is 1.38 bits per heavy atom. The molecule has 1 atom stereocenters. The molecule has 1 aliphatic carbocycles. The third-order valence-corrected chi connectivity index (χ3v) is 3.90. The minimum atomic E-state index is -1.16. The third kappa shape index (κ3) is 3.05. The van der Waals surface area contributed by atoms with Gasteiger partial charge in [0.1, 0.15) is 11.0 Å². The zero-order valence-corrected chi connectivity index (χ0v) is 14.0. The highest BCUT2D eigenvalue weighted by molar-refractivity contribution is 9.12. The molecule has 1 heterocycles. The van der Waals surface area contributed by atoms with E-state index in [2.05, 4.69) is 15.9 Å². The average molecular weight is 356 g/mol. The summed E-state index contributed by atoms with van der Waals surface area (Å²) in [5, 5.41) is 9.38. The molecule has 0 fully saturated rings. The van der Waals surface area contributed by atoms with E-state index >= 15 is 0 Å². The average Bonchev–Trinajstić information content (AvgIpc) is 2.70. The minimum Gasteiger partial charge on any atom is -0.480 e. The summed E-state index contributed by atoms with van der Waals surface area (Å²) in [6.45, 7) is 7.34. The predicted molar refractivity (Wildman–Crippen MR) is 81.9 cm³/mol. The van der Waals surface area contributed by atoms with Gasteiger partial charge in [0.15, 0.2) is 0 Å². The Hall–Kier alpha value is -1.56. The number of carbonyl (C=O) groups excluding carboxylic acids is 1. The van der Waals surface area contributed by atoms with Crippen molar-refractivity contribution in [1.29, 1.82) is 0 Å². The summed E-state index contributed by atoms with van der Waals surface area (Å²) in [5.74, 6) is -0.970. The van der Waals surface area contributed by atoms with Crippen molar-refractivity contribution in [1.82, 2.24) is 4.90 Å². The number of nitrogens with zero attached hydrogens (tertiary/aromatic N) is 1. The summed E-state index contributed by atoms with van der Waals surface area (Å²) in [6.07, 6.45) is 4.61. The van der Waals surface area contributed by atoms with Crippen LogP contribution in [0.3, 0.4) is 0 Å². The zero-order valence-electron chi connectivity index (χ0n) is 12.4. The van der Waals surface area contributed by atoms with Crippen LogP contribution in [-0.2, 0) is 9.53 Å². The maximum atomic E-state index is 12.3. The molecule has 5 nitrogen and oxygen atoms in total. The van der Waals surface area contributed by atoms with Crippen LogP contribution in [0.4, 0.5) is 4.79 Å². The first-order valence-electron chi connectivity index (χ1n) is 6.59. The first-order chi connectivity index (χ1) is 9.53. The van der Waals surface area contributed by atoms with Crippen LogP contribution < -0.4 is 0 Å². The molecule has 2 rings (SSSR count). The second kappa shape index (κ2) is 5.02. The van der Waals surface area contributed by atoms with Crippen LogP contribution in [0.1, 0.15) is 27.7 Å². The van der Waals surface area contributed by atoms with Crippen molar-refractivity contribution in [2.75, 3.05) is 6.54 Å². The van der Waals surface area contributed by atoms with Gasteiger partial charge in [-0.15, -0.1) is 0 Å². The van der Waals surface area contributed by atoms with Gasteiger partial charge >= 0.3 is 12.1 Å². The summed E-state index contributed by atoms with van der Waals surface area (Å²) in [7, 11) is 0. The van der Waals surface area contributed by atoms with Crippen LogP contribution in [0.25, 0.3) is 0 Å². The topological polar surface area (TPSA) is 66.8 Å². The van der Waals surface area contributed by atoms with Gasteiger partial charge in [-0.1, -0.05) is 22.0 Å². The van der Waals surface area contributed by atoms with Gasteiger partial charge in [0.05, 0.1) is 5.70 Å². The fourth-order valence-corrected chi connectivity index (χ4v) is 3.03. The van der Waals surface area contributed by atoms with E-state index in [1.165, 1.54) is 4.90 Å². The molecule has 6 heteroatoms. The quantitative estimate of drug-likeness (QED) is 0.782. The van der Waals surface area contributed by atoms with Crippen molar-refractivity contribution in [3.05, 3.63) is 34.0 Å². The van der Waals surface area contributed by atoms with Crippen LogP contribution in [0.2, 0.25) is 0 Å². The normalized spacial score (nSPS) is 24.8. The molecule has 0 spiro atoms. The Morgan fingerprint density at radius 2 is 2.00 bits per heavy atom. The molecule has 21 heavy (non-hydrogen) atoms. The Kier molecular flexibility index (Phi) is 3.78. The maximum absolute atomic E-state index is 12.3. The minimum absolute atomic E-state index is 0.370. The monoisotopic (exact) mass is 355 g/mol. The summed E-state index contributed by atoms with van der Waals surface area (Å²) >= 11 is 3.39. The molecule has 1 amide bonds. The van der Waals surface area contributed by atoms with Crippen LogP contribution in [0.5, 0.6) is 0 Å². The van der Waals surface area contributed by atoms with E-state index < -0.39 is 23.1 Å². The third-order valence-electron chi connectivity index (χ3n) is 3.24. The molecule has 0 aromatic carbocycles. The van der Waals surface area contributed by atoms with Gasteiger partial charge in [0.2, 0.25) is 0 Å². The van der Waals surface area contributed by atoms with E-state index in [1.807, 2.05) is 6.08 Å². The van der Waals surface area contributed by atoms with E-state index in [9.17, 15) is 14.7 Å². The van der Waals surface area contributed by atoms with Crippen molar-refractivity contribution >= 4 is 28.0 Å². The molecular weight excluding hydrogens is 338 g/mol. The molecule has 1 N–H and O–H groups in total. The molecule has 0 aromatic heterocycles. The first kappa shape index (κ1) is 15.8. The molecule has 0 aromatic rings. The molecule has 114 valence electrons. The van der Waals surface area contributed by atoms with Crippen molar-refractivity contribution in [2.24, 2.45) is 5.41 Å². The molecular formula is C15H18BrNO4. The maximum Gasteiger partial charge on any atom is 0.415 e. The Balaban J connectivity index is 2.34. The standard InChI is InChI=1S/C15H18BrNO4/c1-14(2,3)21-13(20)17-6-5-9-10(16)7-15(4,12(18)19)8-11(9)17/h5,7-8H,6H2,1-4H3,(H,18,19). The highest BCUT2D eigenvalue weighted by atomic mass is 79.9. The number of amides is 1. The van der Waals surface area contributed by atoms with E-state index in [0.29, 0.717) is 16.7 Å². The van der Waals surface area contributed by atoms with Gasteiger partial charge in [0.25, 0.3) is 0 Å². The number of allylic oxidation sites excluding steroid dienone is 1. The smallest absolute Gasteiger partial charge is 0.415 e. The summed E-state index contributed by atoms with van der Waals surface area (Å²) < 4.78 is 6.04. The molecule has 0 bridgehead atoms. The molecule has 1 aliphatic heterocycles. The molecule has 0 saturated heterocycles. The van der Waals surface area contributed by atoms with Crippen LogP contribution in [0.15, 0.2) is 34.0 Å². The lowest BCUT2D eigenvalue weighted by molar-refractivity contribution is -0.142. The van der Waals surface area contributed by atoms with E-state index in [4.69, 9.17) is 4.74 Å². The summed E-state index contributed by atoms with van der Waals surface area (Å²) in [4.78, 5) is 25.2. The zero-order chi connectivity index (χ0) is 16.0. The van der Waals surface area contributed by atoms with Gasteiger partial charge in [-0.2, -0.15) is 0 Å². The van der Waals surface area contributed by atoms with Gasteiger partial charge in [-0.3, -0.25) is 9.69 Å². The van der Waals surface area contributed by atoms with E-state index in [0.717, 1.165) is 5.57 Å². The van der Waals surface area contributed by atoms with Crippen LogP contribution in [-0.4, -0.2) is 34.2 Å². The Morgan fingerprint density at radius 3 is 2.52 bits per heavy atom. The van der Waals surface area contributed by atoms with Gasteiger partial charge in [-0.25, -0.2) is 4.79 Å². The van der Waals surface area contributed by atoms with Crippen molar-refractivity contribution in [3.8, 4) is 0 Å². The van der Waals surface area contributed by atoms with Gasteiger partial charge in [0, 0.05) is 16.6 Å². The second-order valence-electron chi connectivity index (χ2n) is 6.32. The Bertz CT molecular complexity index is 597. The van der Waals surface area contributed by atoms with Gasteiger partial charge < -0.3 is 9.84 Å². The number of carboxylic acid groups (broad SMARTS) is 1. The van der Waals surface area contributed by atoms with Crippen molar-refractivity contribution in [3.63, 3.8) is 0 Å². The van der Waals surface area contributed by atoms with E-state index in [-0.39, 0.29) is 0 Å². The summed E-state index contributed by atoms with van der Waals surface area (Å²) in [6, 6.07) is 0. The lowest BCUT2D eigenvalue weighted by Crippen LogP contribution is -2.36. The number of hydrogen-bond donors (Lipinski definition) is 1. The molecule has 0 saturated carbocycles. The van der Waals surface area contributed by atoms with Crippen LogP contribution in [0, 0.1) is 5.41 Å². The highest BCUT2D eigenvalue weighted by Crippen LogP contribution is 2.42. The fraction of sp³-hybridized carbons (Fsp3) is 0.467. The van der Waals surface area contributed by atoms with E-state index in [1.54, 1.807) is 39.8 Å². The highest BCUT2D eigenvalue weighted by Gasteiger charge is 2.39. The number of rotatable bonds is 1. The SMILES string of the molecule is CC(C)(C)OC(=O)N1CC=C2C(Br)=CC(C)(C(=O)O)C=C21. The fourth-order valence-electron chi connectivity index (χ4n) is 2.19. The number of halogens is 1. The lowest BCUT2D eigenvalue weighted by atomic mass is 9.84. The summed E-state index contributed by atoms with van der Waals surface area (Å²) in [5.41, 5.74) is -0.364. The lowest BCUT2D eigenvalue weighted by Gasteiger charge is -2.30. The molecule has 2 aliphatic rings. The number of aliphatic carboxylic acids is 1. The van der Waals surface area contributed by atoms with Crippen molar-refractivity contribution < 1.29 is 19.4 Å². The number of ether oxygens (including phenoxy) is 1. The molecule has 1 unspecified atom stereocenters. The number of carbonyl (C=O) groups is 2. The largest absolute Gasteiger partial charge is 0.480 e. The first-order valence-corrected chi connectivity index (χ1v) is 7.39. The van der Waals surface area contributed by atoms with Crippen molar-refractivity contribution in [2.45, 2.75) is 33.3 Å². The number of hydrogen-bond acceptors (Lipinski definition) is 3. The molecule has 0 radical (unpaired) electrons. The Labute approximate surface area is 132 Å². The number of carboxylic acids is 1. The van der Waals surface area contributed by atoms with Gasteiger partial charge in [-0.05, 0) is 39.8 Å². The number of fused-ring (bicyclic) bond motifs is 1. The van der Waals surface area contributed by atoms with Crippen LogP contribution >= 0.6 is 15.9 Å². The second-order valence-corrected chi connectivity index (χ2v) is 7.17.